The lowest BCUT2D eigenvalue weighted by atomic mass is 10.0. The number of esters is 2. The molecule has 0 rings (SSSR count). The molecule has 2 amide bonds. The van der Waals surface area contributed by atoms with Crippen LogP contribution in [0.3, 0.4) is 0 Å². The summed E-state index contributed by atoms with van der Waals surface area (Å²) < 4.78 is 16.6. The first kappa shape index (κ1) is 56.5. The van der Waals surface area contributed by atoms with Crippen molar-refractivity contribution in [2.24, 2.45) is 0 Å². The number of unbranched alkanes of at least 4 members (excludes halogenated alkanes) is 24. The number of carboxylic acids is 1. The molecule has 0 saturated carbocycles. The van der Waals surface area contributed by atoms with Crippen LogP contribution >= 0.6 is 11.8 Å². The number of aliphatic carboxylic acids is 1. The van der Waals surface area contributed by atoms with Crippen molar-refractivity contribution in [1.29, 1.82) is 0 Å². The quantitative estimate of drug-likeness (QED) is 0.0262. The average molecular weight is 859 g/mol. The second kappa shape index (κ2) is 38.4. The summed E-state index contributed by atoms with van der Waals surface area (Å²) >= 11 is 1.17. The summed E-state index contributed by atoms with van der Waals surface area (Å²) in [7, 11) is 0. The molecular formula is C46H86N2O10S. The van der Waals surface area contributed by atoms with Crippen LogP contribution in [-0.4, -0.2) is 88.6 Å². The van der Waals surface area contributed by atoms with Crippen LogP contribution in [0.5, 0.6) is 0 Å². The van der Waals surface area contributed by atoms with E-state index in [1.807, 2.05) is 0 Å². The van der Waals surface area contributed by atoms with E-state index in [0.717, 1.165) is 44.9 Å². The Morgan fingerprint density at radius 3 is 1.36 bits per heavy atom. The maximum Gasteiger partial charge on any atom is 0.408 e. The molecule has 0 aliphatic rings. The Kier molecular flexibility index (Phi) is 36.7. The monoisotopic (exact) mass is 859 g/mol. The number of carbonyl (C=O) groups is 5. The summed E-state index contributed by atoms with van der Waals surface area (Å²) in [6.07, 6.45) is 30.1. The molecular weight excluding hydrogens is 773 g/mol. The fraction of sp³-hybridized carbons (Fsp3) is 0.891. The van der Waals surface area contributed by atoms with Gasteiger partial charge in [0.15, 0.2) is 0 Å². The first-order valence-corrected chi connectivity index (χ1v) is 24.5. The maximum atomic E-state index is 13.0. The zero-order chi connectivity index (χ0) is 44.0. The van der Waals surface area contributed by atoms with Gasteiger partial charge in [-0.1, -0.05) is 168 Å². The predicted octanol–water partition coefficient (Wildman–Crippen LogP) is 10.6. The number of rotatable bonds is 40. The maximum absolute atomic E-state index is 13.0. The van der Waals surface area contributed by atoms with E-state index in [0.29, 0.717) is 6.42 Å². The number of aliphatic hydroxyl groups is 1. The van der Waals surface area contributed by atoms with Gasteiger partial charge in [-0.3, -0.25) is 14.4 Å². The number of thioether (sulfide) groups is 1. The molecule has 4 N–H and O–H groups in total. The van der Waals surface area contributed by atoms with Crippen LogP contribution < -0.4 is 10.6 Å². The minimum atomic E-state index is -1.57. The number of carboxylic acid groups (broad SMARTS) is 1. The van der Waals surface area contributed by atoms with Crippen molar-refractivity contribution in [2.75, 3.05) is 24.7 Å². The highest BCUT2D eigenvalue weighted by Gasteiger charge is 2.29. The van der Waals surface area contributed by atoms with Crippen LogP contribution in [0.25, 0.3) is 0 Å². The Balaban J connectivity index is 5.00. The van der Waals surface area contributed by atoms with Crippen LogP contribution in [0.2, 0.25) is 0 Å². The third kappa shape index (κ3) is 37.0. The van der Waals surface area contributed by atoms with Gasteiger partial charge in [-0.15, -0.1) is 0 Å². The van der Waals surface area contributed by atoms with Gasteiger partial charge in [-0.05, 0) is 33.6 Å². The van der Waals surface area contributed by atoms with Crippen LogP contribution in [0.1, 0.15) is 214 Å². The van der Waals surface area contributed by atoms with E-state index in [2.05, 4.69) is 24.5 Å². The number of amides is 2. The smallest absolute Gasteiger partial charge is 0.408 e. The molecule has 0 aromatic heterocycles. The van der Waals surface area contributed by atoms with Crippen molar-refractivity contribution < 1.29 is 48.4 Å². The van der Waals surface area contributed by atoms with Crippen LogP contribution in [-0.2, 0) is 33.4 Å². The summed E-state index contributed by atoms with van der Waals surface area (Å²) in [4.78, 5) is 62.7. The first-order valence-electron chi connectivity index (χ1n) is 23.4. The molecule has 346 valence electrons. The lowest BCUT2D eigenvalue weighted by Gasteiger charge is -2.24. The second-order valence-corrected chi connectivity index (χ2v) is 18.2. The number of alkyl carbamates (subject to hydrolysis) is 1. The van der Waals surface area contributed by atoms with Gasteiger partial charge in [0.25, 0.3) is 0 Å². The van der Waals surface area contributed by atoms with Gasteiger partial charge in [0.2, 0.25) is 5.91 Å². The third-order valence-corrected chi connectivity index (χ3v) is 11.3. The molecule has 0 spiro atoms. The number of hydrogen-bond donors (Lipinski definition) is 4. The Labute approximate surface area is 362 Å². The Bertz CT molecular complexity index is 1090. The molecule has 12 nitrogen and oxygen atoms in total. The highest BCUT2D eigenvalue weighted by atomic mass is 32.2. The number of carbonyl (C=O) groups excluding carboxylic acids is 4. The van der Waals surface area contributed by atoms with Gasteiger partial charge >= 0.3 is 24.0 Å². The number of aliphatic hydroxyl groups excluding tert-OH is 1. The minimum Gasteiger partial charge on any atom is -0.480 e. The van der Waals surface area contributed by atoms with Crippen molar-refractivity contribution in [3.63, 3.8) is 0 Å². The summed E-state index contributed by atoms with van der Waals surface area (Å²) in [6.45, 7) is 8.50. The van der Waals surface area contributed by atoms with Crippen LogP contribution in [0, 0.1) is 0 Å². The van der Waals surface area contributed by atoms with E-state index in [4.69, 9.17) is 14.2 Å². The van der Waals surface area contributed by atoms with Gasteiger partial charge in [0, 0.05) is 24.3 Å². The Morgan fingerprint density at radius 2 is 0.966 bits per heavy atom. The normalized spacial score (nSPS) is 13.0. The van der Waals surface area contributed by atoms with Crippen molar-refractivity contribution in [3.05, 3.63) is 0 Å². The molecule has 0 radical (unpaired) electrons. The predicted molar refractivity (Wildman–Crippen MR) is 239 cm³/mol. The lowest BCUT2D eigenvalue weighted by molar-refractivity contribution is -0.157. The van der Waals surface area contributed by atoms with Crippen molar-refractivity contribution in [3.8, 4) is 0 Å². The van der Waals surface area contributed by atoms with Crippen LogP contribution in [0.15, 0.2) is 0 Å². The summed E-state index contributed by atoms with van der Waals surface area (Å²) in [5.41, 5.74) is -0.851. The largest absolute Gasteiger partial charge is 0.480 e. The molecule has 0 aliphatic heterocycles. The fourth-order valence-electron chi connectivity index (χ4n) is 6.60. The van der Waals surface area contributed by atoms with Gasteiger partial charge in [-0.25, -0.2) is 9.59 Å². The molecule has 3 atom stereocenters. The van der Waals surface area contributed by atoms with Gasteiger partial charge in [0.05, 0.1) is 6.61 Å². The standard InChI is InChI=1S/C46H86N2O10S/c1-6-8-10-12-14-16-18-20-22-24-26-28-30-32-41(50)56-35-38(57-42(51)33-31-29-27-25-23-21-19-17-15-13-11-9-7-2)36-59-37-40(48-45(55)58-46(3,4)5)43(52)47-39(34-49)44(53)54/h38-40,49H,6-37H2,1-5H3,(H,47,52)(H,48,55)(H,53,54)/t38-,39+,40+/m1/s1. The highest BCUT2D eigenvalue weighted by Crippen LogP contribution is 2.17. The minimum absolute atomic E-state index is 0.0390. The van der Waals surface area contributed by atoms with Crippen LogP contribution in [0.4, 0.5) is 4.79 Å². The number of hydrogen-bond acceptors (Lipinski definition) is 10. The molecule has 0 heterocycles. The third-order valence-electron chi connectivity index (χ3n) is 10.1. The molecule has 0 fully saturated rings. The summed E-state index contributed by atoms with van der Waals surface area (Å²) in [5.74, 6) is -2.89. The molecule has 0 bridgehead atoms. The fourth-order valence-corrected chi connectivity index (χ4v) is 7.63. The SMILES string of the molecule is CCCCCCCCCCCCCCCC(=O)OC[C@H](CSC[C@H](NC(=O)OC(C)(C)C)C(=O)N[C@@H](CO)C(=O)O)OC(=O)CCCCCCCCCCCCCCC. The van der Waals surface area contributed by atoms with E-state index < -0.39 is 48.4 Å². The average Bonchev–Trinajstić information content (AvgIpc) is 3.18. The van der Waals surface area contributed by atoms with E-state index in [1.165, 1.54) is 127 Å². The highest BCUT2D eigenvalue weighted by molar-refractivity contribution is 7.99. The first-order chi connectivity index (χ1) is 28.3. The van der Waals surface area contributed by atoms with E-state index in [9.17, 15) is 34.2 Å². The zero-order valence-electron chi connectivity index (χ0n) is 37.9. The van der Waals surface area contributed by atoms with Crippen molar-refractivity contribution in [2.45, 2.75) is 238 Å². The Morgan fingerprint density at radius 1 is 0.559 bits per heavy atom. The Hall–Kier alpha value is -2.54. The summed E-state index contributed by atoms with van der Waals surface area (Å²) in [6, 6.07) is -2.80. The lowest BCUT2D eigenvalue weighted by Crippen LogP contribution is -2.54. The van der Waals surface area contributed by atoms with E-state index in [1.54, 1.807) is 20.8 Å². The molecule has 0 aromatic carbocycles. The van der Waals surface area contributed by atoms with E-state index in [-0.39, 0.29) is 42.9 Å². The molecule has 0 saturated heterocycles. The van der Waals surface area contributed by atoms with Crippen molar-refractivity contribution >= 4 is 41.7 Å². The van der Waals surface area contributed by atoms with Gasteiger partial charge in [0.1, 0.15) is 30.4 Å². The number of nitrogens with one attached hydrogen (secondary N) is 2. The van der Waals surface area contributed by atoms with Crippen molar-refractivity contribution in [1.82, 2.24) is 10.6 Å². The van der Waals surface area contributed by atoms with E-state index >= 15 is 0 Å². The topological polar surface area (TPSA) is 178 Å². The number of ether oxygens (including phenoxy) is 3. The second-order valence-electron chi connectivity index (χ2n) is 17.1. The van der Waals surface area contributed by atoms with Gasteiger partial charge in [-0.2, -0.15) is 11.8 Å². The van der Waals surface area contributed by atoms with Gasteiger partial charge < -0.3 is 35.1 Å². The molecule has 59 heavy (non-hydrogen) atoms. The zero-order valence-corrected chi connectivity index (χ0v) is 38.7. The summed E-state index contributed by atoms with van der Waals surface area (Å²) in [5, 5.41) is 23.4. The molecule has 0 aromatic rings. The molecule has 13 heteroatoms. The molecule has 0 aliphatic carbocycles. The molecule has 0 unspecified atom stereocenters.